The van der Waals surface area contributed by atoms with Crippen molar-refractivity contribution in [1.29, 1.82) is 0 Å². The molecule has 0 nitrogen and oxygen atoms in total. The van der Waals surface area contributed by atoms with Gasteiger partial charge >= 0.3 is 0 Å². The Hall–Kier alpha value is 0.650. The Balaban J connectivity index is 0.00000140. The maximum atomic E-state index is 4.28. The first-order valence-corrected chi connectivity index (χ1v) is 12.8. The van der Waals surface area contributed by atoms with Crippen molar-refractivity contribution in [2.24, 2.45) is 35.5 Å². The summed E-state index contributed by atoms with van der Waals surface area (Å²) in [6.45, 7) is 4.28. The molecule has 8 saturated carbocycles. The van der Waals surface area contributed by atoms with E-state index in [1.165, 1.54) is 6.16 Å². The quantitative estimate of drug-likeness (QED) is 0.481. The van der Waals surface area contributed by atoms with Crippen LogP contribution in [0.15, 0.2) is 12.7 Å². The van der Waals surface area contributed by atoms with Gasteiger partial charge in [0, 0.05) is 7.92 Å². The van der Waals surface area contributed by atoms with Gasteiger partial charge in [-0.2, -0.15) is 0 Å². The van der Waals surface area contributed by atoms with Crippen LogP contribution < -0.4 is 17.0 Å². The average Bonchev–Trinajstić information content (AvgIpc) is 2.49. The van der Waals surface area contributed by atoms with Gasteiger partial charge in [0.1, 0.15) is 0 Å². The number of allylic oxidation sites excluding steroid dienone is 1. The molecule has 0 unspecified atom stereocenters. The first-order valence-electron chi connectivity index (χ1n) is 11.1. The smallest absolute Gasteiger partial charge is 0.0793 e. The molecular formula is C23H36BrP. The fourth-order valence-corrected chi connectivity index (χ4v) is 15.6. The van der Waals surface area contributed by atoms with E-state index in [2.05, 4.69) is 12.7 Å². The molecule has 0 atom stereocenters. The van der Waals surface area contributed by atoms with Crippen LogP contribution in [0.5, 0.6) is 0 Å². The van der Waals surface area contributed by atoms with Crippen LogP contribution in [0.1, 0.15) is 77.0 Å². The summed E-state index contributed by atoms with van der Waals surface area (Å²) in [6, 6.07) is 0. The third-order valence-corrected chi connectivity index (χ3v) is 14.2. The van der Waals surface area contributed by atoms with Crippen LogP contribution in [0, 0.1) is 35.5 Å². The summed E-state index contributed by atoms with van der Waals surface area (Å²) < 4.78 is 0. The Bertz CT molecular complexity index is 438. The van der Waals surface area contributed by atoms with Crippen molar-refractivity contribution in [2.75, 3.05) is 6.16 Å². The van der Waals surface area contributed by atoms with E-state index in [1.807, 2.05) is 0 Å². The minimum atomic E-state index is -0.302. The lowest BCUT2D eigenvalue weighted by Gasteiger charge is -2.63. The van der Waals surface area contributed by atoms with Crippen LogP contribution in [-0.2, 0) is 0 Å². The molecule has 8 fully saturated rings. The molecule has 0 amide bonds. The summed E-state index contributed by atoms with van der Waals surface area (Å²) in [5.41, 5.74) is 0. The highest BCUT2D eigenvalue weighted by molar-refractivity contribution is 7.61. The molecule has 2 heteroatoms. The van der Waals surface area contributed by atoms with Crippen molar-refractivity contribution >= 4 is 7.92 Å². The molecule has 8 aliphatic carbocycles. The van der Waals surface area contributed by atoms with Gasteiger partial charge in [0.2, 0.25) is 0 Å². The molecule has 0 aromatic heterocycles. The van der Waals surface area contributed by atoms with E-state index in [9.17, 15) is 0 Å². The molecular weight excluding hydrogens is 387 g/mol. The van der Waals surface area contributed by atoms with Gasteiger partial charge < -0.3 is 17.0 Å². The van der Waals surface area contributed by atoms with Crippen molar-refractivity contribution in [2.45, 2.75) is 87.4 Å². The maximum absolute atomic E-state index is 4.28. The third-order valence-electron chi connectivity index (χ3n) is 9.71. The predicted octanol–water partition coefficient (Wildman–Crippen LogP) is 3.33. The van der Waals surface area contributed by atoms with Gasteiger partial charge in [-0.05, 0) is 113 Å². The Morgan fingerprint density at radius 3 is 1.16 bits per heavy atom. The molecule has 8 aliphatic rings. The number of halogens is 1. The monoisotopic (exact) mass is 422 g/mol. The summed E-state index contributed by atoms with van der Waals surface area (Å²) in [6.07, 6.45) is 23.4. The topological polar surface area (TPSA) is 0 Å². The number of rotatable bonds is 4. The zero-order valence-electron chi connectivity index (χ0n) is 15.8. The minimum absolute atomic E-state index is 0. The summed E-state index contributed by atoms with van der Waals surface area (Å²) in [5.74, 6) is 6.81. The van der Waals surface area contributed by atoms with E-state index in [-0.39, 0.29) is 24.9 Å². The number of hydrogen-bond acceptors (Lipinski definition) is 0. The van der Waals surface area contributed by atoms with E-state index < -0.39 is 0 Å². The molecule has 0 saturated heterocycles. The van der Waals surface area contributed by atoms with E-state index in [0.717, 1.165) is 45.8 Å². The highest BCUT2D eigenvalue weighted by Gasteiger charge is 2.66. The van der Waals surface area contributed by atoms with E-state index >= 15 is 0 Å². The Morgan fingerprint density at radius 2 is 0.920 bits per heavy atom. The summed E-state index contributed by atoms with van der Waals surface area (Å²) in [5, 5.41) is 1.69. The normalized spacial score (nSPS) is 55.8. The van der Waals surface area contributed by atoms with Crippen molar-refractivity contribution in [3.05, 3.63) is 12.7 Å². The lowest BCUT2D eigenvalue weighted by molar-refractivity contribution is -0.0000163. The lowest BCUT2D eigenvalue weighted by Crippen LogP contribution is -3.00. The minimum Gasteiger partial charge on any atom is -1.00 e. The molecule has 0 spiro atoms. The predicted molar refractivity (Wildman–Crippen MR) is 105 cm³/mol. The fraction of sp³-hybridized carbons (Fsp3) is 0.913. The second-order valence-corrected chi connectivity index (χ2v) is 14.9. The molecule has 140 valence electrons. The molecule has 0 aromatic rings. The van der Waals surface area contributed by atoms with Crippen LogP contribution in [0.25, 0.3) is 0 Å². The molecule has 0 aromatic carbocycles. The molecule has 8 bridgehead atoms. The van der Waals surface area contributed by atoms with E-state index in [4.69, 9.17) is 0 Å². The van der Waals surface area contributed by atoms with Crippen molar-refractivity contribution < 1.29 is 17.0 Å². The van der Waals surface area contributed by atoms with Crippen molar-refractivity contribution in [3.8, 4) is 0 Å². The van der Waals surface area contributed by atoms with Gasteiger partial charge in [-0.15, -0.1) is 0 Å². The van der Waals surface area contributed by atoms with Crippen molar-refractivity contribution in [3.63, 3.8) is 0 Å². The Kier molecular flexibility index (Phi) is 4.31. The summed E-state index contributed by atoms with van der Waals surface area (Å²) in [4.78, 5) is 0. The molecule has 25 heavy (non-hydrogen) atoms. The molecule has 8 rings (SSSR count). The third kappa shape index (κ3) is 2.61. The average molecular weight is 423 g/mol. The second kappa shape index (κ2) is 6.07. The standard InChI is InChI=1S/C23H35P.BrH/c1-2-3-24(22-10-16-4-17(11-22)6-18(5-16)12-22)23-13-19-7-20(14-23)9-21(8-19)15-23;/h2,16-21H,1,3-15H2;1H. The zero-order valence-corrected chi connectivity index (χ0v) is 18.4. The summed E-state index contributed by atoms with van der Waals surface area (Å²) in [7, 11) is -0.302. The fourth-order valence-electron chi connectivity index (χ4n) is 10.1. The molecule has 0 radical (unpaired) electrons. The zero-order chi connectivity index (χ0) is 15.9. The highest BCUT2D eigenvalue weighted by atomic mass is 79.9. The first-order chi connectivity index (χ1) is 11.7. The second-order valence-electron chi connectivity index (χ2n) is 11.4. The van der Waals surface area contributed by atoms with E-state index in [0.29, 0.717) is 0 Å². The maximum Gasteiger partial charge on any atom is 0.0793 e. The largest absolute Gasteiger partial charge is 1.00 e. The van der Waals surface area contributed by atoms with Gasteiger partial charge in [0.15, 0.2) is 0 Å². The van der Waals surface area contributed by atoms with Crippen molar-refractivity contribution in [1.82, 2.24) is 0 Å². The SMILES string of the molecule is C=CC[PH+](C12CC3CC(CC(C3)C1)C2)C12CC3CC(CC(C3)C1)C2.[Br-]. The van der Waals surface area contributed by atoms with Crippen LogP contribution >= 0.6 is 7.92 Å². The van der Waals surface area contributed by atoms with E-state index in [1.54, 1.807) is 77.0 Å². The lowest BCUT2D eigenvalue weighted by atomic mass is 9.55. The van der Waals surface area contributed by atoms with Crippen LogP contribution in [0.2, 0.25) is 0 Å². The van der Waals surface area contributed by atoms with Gasteiger partial charge in [0.25, 0.3) is 0 Å². The van der Waals surface area contributed by atoms with Crippen LogP contribution in [-0.4, -0.2) is 16.5 Å². The molecule has 0 aliphatic heterocycles. The van der Waals surface area contributed by atoms with Gasteiger partial charge in [-0.3, -0.25) is 0 Å². The Morgan fingerprint density at radius 1 is 0.640 bits per heavy atom. The first kappa shape index (κ1) is 17.7. The highest BCUT2D eigenvalue weighted by Crippen LogP contribution is 2.78. The van der Waals surface area contributed by atoms with Gasteiger partial charge in [-0.25, -0.2) is 0 Å². The number of hydrogen-bond donors (Lipinski definition) is 0. The van der Waals surface area contributed by atoms with Crippen LogP contribution in [0.3, 0.4) is 0 Å². The van der Waals surface area contributed by atoms with Crippen LogP contribution in [0.4, 0.5) is 0 Å². The Labute approximate surface area is 166 Å². The molecule has 0 N–H and O–H groups in total. The summed E-state index contributed by atoms with van der Waals surface area (Å²) >= 11 is 0. The van der Waals surface area contributed by atoms with Gasteiger partial charge in [0.05, 0.1) is 16.5 Å². The van der Waals surface area contributed by atoms with Gasteiger partial charge in [-0.1, -0.05) is 12.7 Å². The molecule has 0 heterocycles.